The van der Waals surface area contributed by atoms with Crippen LogP contribution in [0.4, 0.5) is 0 Å². The molecule has 2 heterocycles. The first-order chi connectivity index (χ1) is 14.2. The zero-order valence-corrected chi connectivity index (χ0v) is 18.3. The molecule has 7 nitrogen and oxygen atoms in total. The van der Waals surface area contributed by atoms with E-state index in [1.807, 2.05) is 33.8 Å². The van der Waals surface area contributed by atoms with Crippen LogP contribution in [0.1, 0.15) is 56.0 Å². The van der Waals surface area contributed by atoms with E-state index in [-0.39, 0.29) is 12.4 Å². The van der Waals surface area contributed by atoms with Crippen LogP contribution in [0.25, 0.3) is 0 Å². The van der Waals surface area contributed by atoms with E-state index >= 15 is 0 Å². The van der Waals surface area contributed by atoms with Crippen molar-refractivity contribution < 1.29 is 23.9 Å². The fourth-order valence-corrected chi connectivity index (χ4v) is 3.51. The summed E-state index contributed by atoms with van der Waals surface area (Å²) in [6, 6.07) is 6.16. The number of fused-ring (bicyclic) bond motifs is 1. The predicted octanol–water partition coefficient (Wildman–Crippen LogP) is 3.40. The van der Waals surface area contributed by atoms with Gasteiger partial charge in [0.05, 0.1) is 17.4 Å². The summed E-state index contributed by atoms with van der Waals surface area (Å²) < 4.78 is 16.1. The number of carbonyl (C=O) groups excluding carboxylic acids is 1. The first-order valence-corrected chi connectivity index (χ1v) is 10.5. The van der Waals surface area contributed by atoms with Gasteiger partial charge in [-0.25, -0.2) is 0 Å². The first kappa shape index (κ1) is 22.3. The molecule has 0 radical (unpaired) electrons. The zero-order valence-electron chi connectivity index (χ0n) is 18.3. The van der Waals surface area contributed by atoms with Gasteiger partial charge in [0.2, 0.25) is 0 Å². The number of hydrogen-bond acceptors (Lipinski definition) is 7. The van der Waals surface area contributed by atoms with Crippen molar-refractivity contribution in [3.8, 4) is 5.75 Å². The Labute approximate surface area is 177 Å². The molecule has 164 valence electrons. The van der Waals surface area contributed by atoms with Gasteiger partial charge in [0, 0.05) is 26.1 Å². The molecule has 0 saturated heterocycles. The second-order valence-electron chi connectivity index (χ2n) is 8.91. The molecular formula is C23H32N2O5. The van der Waals surface area contributed by atoms with Gasteiger partial charge in [-0.15, -0.1) is 0 Å². The lowest BCUT2D eigenvalue weighted by atomic mass is 9.99. The average molecular weight is 417 g/mol. The topological polar surface area (TPSA) is 85.0 Å². The molecule has 1 atom stereocenters. The number of aryl methyl sites for hydroxylation is 1. The summed E-state index contributed by atoms with van der Waals surface area (Å²) >= 11 is 0. The third-order valence-corrected chi connectivity index (χ3v) is 5.08. The first-order valence-electron chi connectivity index (χ1n) is 10.5. The summed E-state index contributed by atoms with van der Waals surface area (Å²) in [5.74, 6) is 0.569. The number of ether oxygens (including phenoxy) is 2. The number of β-amino-alcohol motifs (C(OH)–C–C–N with tert-alkyl or cyclic N) is 1. The fourth-order valence-electron chi connectivity index (χ4n) is 3.51. The fraction of sp³-hybridized carbons (Fsp3) is 0.565. The van der Waals surface area contributed by atoms with E-state index in [2.05, 4.69) is 22.2 Å². The van der Waals surface area contributed by atoms with Crippen LogP contribution in [0.3, 0.4) is 0 Å². The van der Waals surface area contributed by atoms with Crippen molar-refractivity contribution in [1.82, 2.24) is 10.1 Å². The molecule has 7 heteroatoms. The molecule has 1 aromatic carbocycles. The van der Waals surface area contributed by atoms with Crippen molar-refractivity contribution in [2.75, 3.05) is 13.1 Å². The third kappa shape index (κ3) is 6.57. The van der Waals surface area contributed by atoms with Gasteiger partial charge in [-0.3, -0.25) is 9.69 Å². The lowest BCUT2D eigenvalue weighted by Crippen LogP contribution is -2.37. The van der Waals surface area contributed by atoms with Gasteiger partial charge < -0.3 is 19.1 Å². The summed E-state index contributed by atoms with van der Waals surface area (Å²) in [6.45, 7) is 10.1. The van der Waals surface area contributed by atoms with E-state index in [9.17, 15) is 9.90 Å². The van der Waals surface area contributed by atoms with Crippen LogP contribution in [-0.4, -0.2) is 45.9 Å². The smallest absolute Gasteiger partial charge is 0.306 e. The summed E-state index contributed by atoms with van der Waals surface area (Å²) in [7, 11) is 0. The minimum atomic E-state index is -0.548. The molecule has 1 N–H and O–H groups in total. The molecular weight excluding hydrogens is 384 g/mol. The van der Waals surface area contributed by atoms with E-state index < -0.39 is 11.7 Å². The van der Waals surface area contributed by atoms with Gasteiger partial charge in [0.1, 0.15) is 24.2 Å². The highest BCUT2D eigenvalue weighted by Crippen LogP contribution is 2.25. The van der Waals surface area contributed by atoms with Gasteiger partial charge in [-0.2, -0.15) is 0 Å². The van der Waals surface area contributed by atoms with Crippen LogP contribution in [0.15, 0.2) is 29.0 Å². The summed E-state index contributed by atoms with van der Waals surface area (Å²) in [4.78, 5) is 14.1. The van der Waals surface area contributed by atoms with Crippen LogP contribution >= 0.6 is 0 Å². The monoisotopic (exact) mass is 416 g/mol. The van der Waals surface area contributed by atoms with Crippen molar-refractivity contribution in [2.24, 2.45) is 0 Å². The Morgan fingerprint density at radius 2 is 2.13 bits per heavy atom. The number of esters is 1. The Bertz CT molecular complexity index is 856. The minimum Gasteiger partial charge on any atom is -0.489 e. The van der Waals surface area contributed by atoms with Gasteiger partial charge in [-0.05, 0) is 63.8 Å². The number of aliphatic hydroxyl groups is 1. The van der Waals surface area contributed by atoms with Crippen molar-refractivity contribution >= 4 is 5.97 Å². The molecule has 0 unspecified atom stereocenters. The molecule has 1 aliphatic heterocycles. The van der Waals surface area contributed by atoms with Crippen LogP contribution in [0.2, 0.25) is 0 Å². The molecule has 0 spiro atoms. The molecule has 30 heavy (non-hydrogen) atoms. The maximum Gasteiger partial charge on any atom is 0.306 e. The second kappa shape index (κ2) is 9.62. The number of rotatable bonds is 8. The summed E-state index contributed by atoms with van der Waals surface area (Å²) in [5.41, 5.74) is 3.81. The third-order valence-electron chi connectivity index (χ3n) is 5.08. The van der Waals surface area contributed by atoms with Crippen molar-refractivity contribution in [3.63, 3.8) is 0 Å². The summed E-state index contributed by atoms with van der Waals surface area (Å²) in [5, 5.41) is 14.2. The number of carbonyl (C=O) groups is 1. The second-order valence-corrected chi connectivity index (χ2v) is 8.91. The highest BCUT2D eigenvalue weighted by atomic mass is 16.6. The Morgan fingerprint density at radius 1 is 1.33 bits per heavy atom. The molecule has 0 bridgehead atoms. The van der Waals surface area contributed by atoms with Crippen molar-refractivity contribution in [1.29, 1.82) is 0 Å². The van der Waals surface area contributed by atoms with Crippen LogP contribution < -0.4 is 4.74 Å². The Balaban J connectivity index is 1.46. The normalized spacial score (nSPS) is 15.5. The van der Waals surface area contributed by atoms with E-state index in [0.717, 1.165) is 36.5 Å². The molecule has 1 aliphatic rings. The zero-order chi connectivity index (χ0) is 21.7. The number of hydrogen-bond donors (Lipinski definition) is 1. The van der Waals surface area contributed by atoms with Crippen LogP contribution in [0.5, 0.6) is 5.75 Å². The molecule has 1 aromatic heterocycles. The van der Waals surface area contributed by atoms with Gasteiger partial charge in [0.25, 0.3) is 0 Å². The quantitative estimate of drug-likeness (QED) is 0.660. The number of aliphatic hydroxyl groups excluding tert-OH is 1. The van der Waals surface area contributed by atoms with E-state index in [1.165, 1.54) is 11.1 Å². The molecule has 2 aromatic rings. The summed E-state index contributed by atoms with van der Waals surface area (Å²) in [6.07, 6.45) is 2.60. The Hall–Kier alpha value is -2.38. The van der Waals surface area contributed by atoms with Gasteiger partial charge in [-0.1, -0.05) is 11.2 Å². The van der Waals surface area contributed by atoms with Gasteiger partial charge in [0.15, 0.2) is 0 Å². The van der Waals surface area contributed by atoms with Crippen LogP contribution in [-0.2, 0) is 29.1 Å². The predicted molar refractivity (Wildman–Crippen MR) is 112 cm³/mol. The van der Waals surface area contributed by atoms with Crippen molar-refractivity contribution in [3.05, 3.63) is 46.8 Å². The Morgan fingerprint density at radius 3 is 2.83 bits per heavy atom. The highest BCUT2D eigenvalue weighted by Gasteiger charge is 2.21. The highest BCUT2D eigenvalue weighted by molar-refractivity contribution is 5.69. The number of benzene rings is 1. The lowest BCUT2D eigenvalue weighted by Gasteiger charge is -2.30. The molecule has 0 fully saturated rings. The number of aromatic nitrogens is 1. The Kier molecular flexibility index (Phi) is 7.15. The average Bonchev–Trinajstić information content (AvgIpc) is 3.08. The van der Waals surface area contributed by atoms with Crippen LogP contribution in [0, 0.1) is 6.92 Å². The van der Waals surface area contributed by atoms with E-state index in [0.29, 0.717) is 19.6 Å². The van der Waals surface area contributed by atoms with Crippen molar-refractivity contribution in [2.45, 2.75) is 71.8 Å². The maximum atomic E-state index is 11.8. The SMILES string of the molecule is Cc1nocc1COc1ccc2c(c1)CCN(C[C@@H](O)CCC(=O)OC(C)(C)C)C2. The maximum absolute atomic E-state index is 11.8. The standard InChI is InChI=1S/C23H32N2O5/c1-16-19(15-29-24-16)14-28-21-7-5-18-12-25(10-9-17(18)11-21)13-20(26)6-8-22(27)30-23(2,3)4/h5,7,11,15,20,26H,6,8-10,12-14H2,1-4H3/t20-/m0/s1. The van der Waals surface area contributed by atoms with Gasteiger partial charge >= 0.3 is 5.97 Å². The van der Waals surface area contributed by atoms with E-state index in [1.54, 1.807) is 6.26 Å². The molecule has 3 rings (SSSR count). The lowest BCUT2D eigenvalue weighted by molar-refractivity contribution is -0.155. The largest absolute Gasteiger partial charge is 0.489 e. The van der Waals surface area contributed by atoms with E-state index in [4.69, 9.17) is 14.0 Å². The molecule has 0 amide bonds. The molecule has 0 aliphatic carbocycles. The minimum absolute atomic E-state index is 0.231. The molecule has 0 saturated carbocycles. The number of nitrogens with zero attached hydrogens (tertiary/aromatic N) is 2.